The summed E-state index contributed by atoms with van der Waals surface area (Å²) in [4.78, 5) is 0.305. The van der Waals surface area contributed by atoms with Gasteiger partial charge < -0.3 is 4.74 Å². The summed E-state index contributed by atoms with van der Waals surface area (Å²) in [6.07, 6.45) is 7.45. The molecule has 1 aromatic carbocycles. The minimum absolute atomic E-state index is 0.159. The Kier molecular flexibility index (Phi) is 4.91. The Bertz CT molecular complexity index is 784. The van der Waals surface area contributed by atoms with Gasteiger partial charge in [0.15, 0.2) is 0 Å². The number of nitrogens with zero attached hydrogens (tertiary/aromatic N) is 3. The molecule has 1 fully saturated rings. The van der Waals surface area contributed by atoms with E-state index in [0.29, 0.717) is 17.2 Å². The molecule has 3 rings (SSSR count). The first kappa shape index (κ1) is 17.0. The second-order valence-corrected chi connectivity index (χ2v) is 7.99. The number of aromatic nitrogens is 2. The lowest BCUT2D eigenvalue weighted by Crippen LogP contribution is -2.34. The molecule has 7 heteroatoms. The SMILES string of the molecule is COc1ccc(S(=O)(=O)N2CCCCC[C@H]2c2cnn(C)c2)cc1. The van der Waals surface area contributed by atoms with E-state index in [-0.39, 0.29) is 6.04 Å². The third-order valence-corrected chi connectivity index (χ3v) is 6.40. The normalized spacial score (nSPS) is 19.8. The van der Waals surface area contributed by atoms with Gasteiger partial charge in [0.2, 0.25) is 10.0 Å². The molecule has 0 amide bonds. The van der Waals surface area contributed by atoms with Crippen LogP contribution in [-0.2, 0) is 17.1 Å². The minimum atomic E-state index is -3.56. The molecule has 0 bridgehead atoms. The molecule has 1 aliphatic rings. The molecular formula is C17H23N3O3S. The van der Waals surface area contributed by atoms with Crippen LogP contribution in [0.4, 0.5) is 0 Å². The van der Waals surface area contributed by atoms with E-state index in [9.17, 15) is 8.42 Å². The second kappa shape index (κ2) is 6.94. The van der Waals surface area contributed by atoms with Crippen LogP contribution in [0, 0.1) is 0 Å². The summed E-state index contributed by atoms with van der Waals surface area (Å²) in [5.74, 6) is 0.647. The first-order valence-electron chi connectivity index (χ1n) is 8.17. The molecule has 0 saturated carbocycles. The molecule has 0 N–H and O–H groups in total. The molecule has 0 aliphatic carbocycles. The van der Waals surface area contributed by atoms with Gasteiger partial charge in [0, 0.05) is 25.4 Å². The van der Waals surface area contributed by atoms with Crippen molar-refractivity contribution in [1.82, 2.24) is 14.1 Å². The van der Waals surface area contributed by atoms with Gasteiger partial charge in [-0.3, -0.25) is 4.68 Å². The van der Waals surface area contributed by atoms with Crippen molar-refractivity contribution >= 4 is 10.0 Å². The molecule has 130 valence electrons. The van der Waals surface area contributed by atoms with Gasteiger partial charge in [-0.05, 0) is 37.1 Å². The van der Waals surface area contributed by atoms with E-state index < -0.39 is 10.0 Å². The number of benzene rings is 1. The number of hydrogen-bond acceptors (Lipinski definition) is 4. The van der Waals surface area contributed by atoms with Crippen LogP contribution < -0.4 is 4.74 Å². The number of ether oxygens (including phenoxy) is 1. The smallest absolute Gasteiger partial charge is 0.243 e. The van der Waals surface area contributed by atoms with Crippen LogP contribution in [-0.4, -0.2) is 36.2 Å². The second-order valence-electron chi connectivity index (χ2n) is 6.10. The standard InChI is InChI=1S/C17H23N3O3S/c1-19-13-14(12-18-19)17-6-4-3-5-11-20(17)24(21,22)16-9-7-15(23-2)8-10-16/h7-10,12-13,17H,3-6,11H2,1-2H3/t17-/m0/s1. The van der Waals surface area contributed by atoms with Crippen molar-refractivity contribution in [2.45, 2.75) is 36.6 Å². The van der Waals surface area contributed by atoms with Gasteiger partial charge in [0.1, 0.15) is 5.75 Å². The van der Waals surface area contributed by atoms with E-state index in [2.05, 4.69) is 5.10 Å². The van der Waals surface area contributed by atoms with Gasteiger partial charge >= 0.3 is 0 Å². The van der Waals surface area contributed by atoms with Crippen LogP contribution in [0.3, 0.4) is 0 Å². The molecule has 0 spiro atoms. The van der Waals surface area contributed by atoms with Gasteiger partial charge in [0.25, 0.3) is 0 Å². The fraction of sp³-hybridized carbons (Fsp3) is 0.471. The fourth-order valence-corrected chi connectivity index (χ4v) is 4.88. The molecule has 0 radical (unpaired) electrons. The van der Waals surface area contributed by atoms with E-state index in [1.165, 1.54) is 0 Å². The van der Waals surface area contributed by atoms with Gasteiger partial charge in [-0.25, -0.2) is 8.42 Å². The van der Waals surface area contributed by atoms with Crippen molar-refractivity contribution in [2.75, 3.05) is 13.7 Å². The fourth-order valence-electron chi connectivity index (χ4n) is 3.20. The van der Waals surface area contributed by atoms with Crippen molar-refractivity contribution in [3.63, 3.8) is 0 Å². The van der Waals surface area contributed by atoms with Crippen molar-refractivity contribution in [2.24, 2.45) is 7.05 Å². The molecule has 1 atom stereocenters. The summed E-state index contributed by atoms with van der Waals surface area (Å²) in [6.45, 7) is 0.536. The Balaban J connectivity index is 1.97. The largest absolute Gasteiger partial charge is 0.497 e. The Hall–Kier alpha value is -1.86. The molecule has 1 saturated heterocycles. The lowest BCUT2D eigenvalue weighted by Gasteiger charge is -2.28. The molecule has 24 heavy (non-hydrogen) atoms. The average Bonchev–Trinajstić information content (AvgIpc) is 2.86. The minimum Gasteiger partial charge on any atom is -0.497 e. The van der Waals surface area contributed by atoms with Crippen molar-refractivity contribution in [3.8, 4) is 5.75 Å². The van der Waals surface area contributed by atoms with Gasteiger partial charge in [0.05, 0.1) is 24.2 Å². The van der Waals surface area contributed by atoms with Gasteiger partial charge in [-0.2, -0.15) is 9.40 Å². The Labute approximate surface area is 143 Å². The quantitative estimate of drug-likeness (QED) is 0.851. The molecule has 1 aromatic heterocycles. The zero-order valence-electron chi connectivity index (χ0n) is 14.1. The maximum Gasteiger partial charge on any atom is 0.243 e. The lowest BCUT2D eigenvalue weighted by atomic mass is 10.1. The monoisotopic (exact) mass is 349 g/mol. The predicted molar refractivity (Wildman–Crippen MR) is 91.3 cm³/mol. The van der Waals surface area contributed by atoms with E-state index in [0.717, 1.165) is 31.2 Å². The first-order chi connectivity index (χ1) is 11.5. The third-order valence-electron chi connectivity index (χ3n) is 4.48. The summed E-state index contributed by atoms with van der Waals surface area (Å²) < 4.78 is 34.9. The lowest BCUT2D eigenvalue weighted by molar-refractivity contribution is 0.328. The molecule has 2 heterocycles. The number of sulfonamides is 1. The van der Waals surface area contributed by atoms with Crippen molar-refractivity contribution in [3.05, 3.63) is 42.2 Å². The highest BCUT2D eigenvalue weighted by Gasteiger charge is 2.34. The predicted octanol–water partition coefficient (Wildman–Crippen LogP) is 2.73. The first-order valence-corrected chi connectivity index (χ1v) is 9.61. The van der Waals surface area contributed by atoms with Crippen molar-refractivity contribution in [1.29, 1.82) is 0 Å². The number of hydrogen-bond donors (Lipinski definition) is 0. The van der Waals surface area contributed by atoms with Crippen LogP contribution in [0.15, 0.2) is 41.6 Å². The van der Waals surface area contributed by atoms with Crippen LogP contribution in [0.5, 0.6) is 5.75 Å². The average molecular weight is 349 g/mol. The molecule has 1 aliphatic heterocycles. The highest BCUT2D eigenvalue weighted by molar-refractivity contribution is 7.89. The summed E-state index contributed by atoms with van der Waals surface area (Å²) in [5, 5.41) is 4.21. The van der Waals surface area contributed by atoms with E-state index >= 15 is 0 Å². The highest BCUT2D eigenvalue weighted by atomic mass is 32.2. The van der Waals surface area contributed by atoms with Crippen LogP contribution in [0.25, 0.3) is 0 Å². The third kappa shape index (κ3) is 3.32. The maximum atomic E-state index is 13.2. The molecular weight excluding hydrogens is 326 g/mol. The topological polar surface area (TPSA) is 64.4 Å². The summed E-state index contributed by atoms with van der Waals surface area (Å²) in [7, 11) is -0.142. The summed E-state index contributed by atoms with van der Waals surface area (Å²) in [5.41, 5.74) is 0.955. The zero-order valence-corrected chi connectivity index (χ0v) is 14.9. The zero-order chi connectivity index (χ0) is 17.2. The van der Waals surface area contributed by atoms with E-state index in [1.54, 1.807) is 46.6 Å². The van der Waals surface area contributed by atoms with Crippen LogP contribution >= 0.6 is 0 Å². The number of rotatable bonds is 4. The summed E-state index contributed by atoms with van der Waals surface area (Å²) in [6, 6.07) is 6.43. The molecule has 2 aromatic rings. The highest BCUT2D eigenvalue weighted by Crippen LogP contribution is 2.34. The van der Waals surface area contributed by atoms with Gasteiger partial charge in [-0.15, -0.1) is 0 Å². The molecule has 0 unspecified atom stereocenters. The Morgan fingerprint density at radius 1 is 1.17 bits per heavy atom. The molecule has 6 nitrogen and oxygen atoms in total. The van der Waals surface area contributed by atoms with Crippen molar-refractivity contribution < 1.29 is 13.2 Å². The van der Waals surface area contributed by atoms with Gasteiger partial charge in [-0.1, -0.05) is 12.8 Å². The van der Waals surface area contributed by atoms with Crippen LogP contribution in [0.2, 0.25) is 0 Å². The summed E-state index contributed by atoms with van der Waals surface area (Å²) >= 11 is 0. The number of methoxy groups -OCH3 is 1. The number of aryl methyl sites for hydroxylation is 1. The van der Waals surface area contributed by atoms with Crippen LogP contribution in [0.1, 0.15) is 37.3 Å². The Morgan fingerprint density at radius 3 is 2.54 bits per heavy atom. The Morgan fingerprint density at radius 2 is 1.92 bits per heavy atom. The maximum absolute atomic E-state index is 13.2. The van der Waals surface area contributed by atoms with E-state index in [4.69, 9.17) is 4.74 Å². The van der Waals surface area contributed by atoms with E-state index in [1.807, 2.05) is 13.2 Å².